The van der Waals surface area contributed by atoms with Gasteiger partial charge >= 0.3 is 0 Å². The highest BCUT2D eigenvalue weighted by Gasteiger charge is 2.16. The van der Waals surface area contributed by atoms with Crippen LogP contribution in [0.25, 0.3) is 0 Å². The first kappa shape index (κ1) is 23.0. The van der Waals surface area contributed by atoms with Gasteiger partial charge in [-0.2, -0.15) is 5.10 Å². The van der Waals surface area contributed by atoms with Gasteiger partial charge in [0.2, 0.25) is 0 Å². The number of benzene rings is 2. The Balaban J connectivity index is 1.38. The number of carbonyl (C=O) groups excluding carboxylic acids is 1. The summed E-state index contributed by atoms with van der Waals surface area (Å²) in [7, 11) is 1.56. The molecule has 0 unspecified atom stereocenters. The molecule has 2 heterocycles. The van der Waals surface area contributed by atoms with Crippen LogP contribution in [0.5, 0.6) is 11.5 Å². The molecule has 2 aromatic carbocycles. The maximum absolute atomic E-state index is 12.6. The van der Waals surface area contributed by atoms with E-state index < -0.39 is 5.91 Å². The summed E-state index contributed by atoms with van der Waals surface area (Å²) < 4.78 is 18.2. The van der Waals surface area contributed by atoms with Gasteiger partial charge in [0.05, 0.1) is 23.7 Å². The summed E-state index contributed by atoms with van der Waals surface area (Å²) in [6, 6.07) is 15.8. The number of amides is 1. The normalized spacial score (nSPS) is 10.8. The van der Waals surface area contributed by atoms with Gasteiger partial charge < -0.3 is 19.2 Å². The maximum Gasteiger partial charge on any atom is 0.292 e. The van der Waals surface area contributed by atoms with Crippen LogP contribution < -0.4 is 14.8 Å². The number of aromatic nitrogens is 2. The molecule has 4 rings (SSSR count). The lowest BCUT2D eigenvalue weighted by atomic mass is 10.2. The molecule has 0 aliphatic heterocycles. The van der Waals surface area contributed by atoms with Crippen LogP contribution >= 0.6 is 34.8 Å². The average Bonchev–Trinajstić information content (AvgIpc) is 3.41. The molecular formula is C23H18Cl3N3O4. The molecule has 33 heavy (non-hydrogen) atoms. The minimum Gasteiger partial charge on any atom is -0.493 e. The van der Waals surface area contributed by atoms with E-state index in [0.717, 1.165) is 5.56 Å². The predicted octanol–water partition coefficient (Wildman–Crippen LogP) is 6.32. The quantitative estimate of drug-likeness (QED) is 0.302. The maximum atomic E-state index is 12.6. The fourth-order valence-electron chi connectivity index (χ4n) is 3.02. The summed E-state index contributed by atoms with van der Waals surface area (Å²) in [5.74, 6) is 1.48. The van der Waals surface area contributed by atoms with Crippen molar-refractivity contribution in [2.24, 2.45) is 0 Å². The van der Waals surface area contributed by atoms with Crippen LogP contribution in [0, 0.1) is 0 Å². The average molecular weight is 507 g/mol. The first-order valence-electron chi connectivity index (χ1n) is 9.75. The van der Waals surface area contributed by atoms with Crippen molar-refractivity contribution in [2.45, 2.75) is 13.2 Å². The third-order valence-electron chi connectivity index (χ3n) is 4.60. The molecule has 0 saturated heterocycles. The van der Waals surface area contributed by atoms with E-state index in [1.165, 1.54) is 0 Å². The van der Waals surface area contributed by atoms with Crippen molar-refractivity contribution < 1.29 is 18.7 Å². The Morgan fingerprint density at radius 3 is 2.58 bits per heavy atom. The van der Waals surface area contributed by atoms with Gasteiger partial charge in [0, 0.05) is 6.20 Å². The first-order valence-corrected chi connectivity index (χ1v) is 10.9. The molecule has 0 aliphatic carbocycles. The number of ether oxygens (including phenoxy) is 2. The number of nitrogens with zero attached hydrogens (tertiary/aromatic N) is 2. The van der Waals surface area contributed by atoms with Crippen molar-refractivity contribution in [2.75, 3.05) is 12.4 Å². The minimum atomic E-state index is -0.486. The molecule has 0 aliphatic rings. The van der Waals surface area contributed by atoms with Crippen molar-refractivity contribution in [1.29, 1.82) is 0 Å². The van der Waals surface area contributed by atoms with Gasteiger partial charge in [-0.1, -0.05) is 53.0 Å². The van der Waals surface area contributed by atoms with Crippen molar-refractivity contribution in [1.82, 2.24) is 9.78 Å². The van der Waals surface area contributed by atoms with Crippen molar-refractivity contribution >= 4 is 46.5 Å². The number of methoxy groups -OCH3 is 1. The van der Waals surface area contributed by atoms with Gasteiger partial charge in [0.15, 0.2) is 23.1 Å². The van der Waals surface area contributed by atoms with Crippen LogP contribution in [0.1, 0.15) is 21.9 Å². The minimum absolute atomic E-state index is 0.101. The van der Waals surface area contributed by atoms with Gasteiger partial charge in [0.25, 0.3) is 5.91 Å². The van der Waals surface area contributed by atoms with E-state index in [4.69, 9.17) is 48.7 Å². The van der Waals surface area contributed by atoms with Gasteiger partial charge in [-0.25, -0.2) is 0 Å². The second-order valence-corrected chi connectivity index (χ2v) is 8.15. The zero-order valence-electron chi connectivity index (χ0n) is 17.3. The number of furan rings is 1. The van der Waals surface area contributed by atoms with Gasteiger partial charge in [-0.3, -0.25) is 9.48 Å². The molecule has 1 amide bonds. The molecular weight excluding hydrogens is 489 g/mol. The molecule has 7 nitrogen and oxygen atoms in total. The van der Waals surface area contributed by atoms with Crippen LogP contribution in [-0.2, 0) is 13.2 Å². The molecule has 4 aromatic rings. The number of hydrogen-bond acceptors (Lipinski definition) is 5. The van der Waals surface area contributed by atoms with E-state index in [0.29, 0.717) is 33.8 Å². The third-order valence-corrected chi connectivity index (χ3v) is 5.62. The lowest BCUT2D eigenvalue weighted by molar-refractivity contribution is 0.0992. The molecule has 0 bridgehead atoms. The van der Waals surface area contributed by atoms with Gasteiger partial charge in [-0.05, 0) is 42.0 Å². The molecule has 170 valence electrons. The van der Waals surface area contributed by atoms with Crippen molar-refractivity contribution in [3.05, 3.63) is 92.9 Å². The zero-order valence-corrected chi connectivity index (χ0v) is 19.6. The summed E-state index contributed by atoms with van der Waals surface area (Å²) in [4.78, 5) is 12.6. The van der Waals surface area contributed by atoms with Crippen molar-refractivity contribution in [3.8, 4) is 11.5 Å². The van der Waals surface area contributed by atoms with E-state index in [-0.39, 0.29) is 23.2 Å². The Labute approximate surface area is 204 Å². The fraction of sp³-hybridized carbons (Fsp3) is 0.130. The topological polar surface area (TPSA) is 78.5 Å². The van der Waals surface area contributed by atoms with E-state index in [2.05, 4.69) is 10.4 Å². The van der Waals surface area contributed by atoms with Crippen LogP contribution in [-0.4, -0.2) is 22.8 Å². The number of anilines is 1. The Hall–Kier alpha value is -3.13. The molecule has 0 spiro atoms. The third kappa shape index (κ3) is 5.63. The van der Waals surface area contributed by atoms with Crippen LogP contribution in [0.2, 0.25) is 15.1 Å². The lowest BCUT2D eigenvalue weighted by Crippen LogP contribution is -2.12. The highest BCUT2D eigenvalue weighted by Crippen LogP contribution is 2.27. The number of halogens is 3. The summed E-state index contributed by atoms with van der Waals surface area (Å²) in [5, 5.41) is 8.18. The number of para-hydroxylation sites is 2. The second-order valence-electron chi connectivity index (χ2n) is 6.93. The highest BCUT2D eigenvalue weighted by atomic mass is 35.5. The molecule has 0 fully saturated rings. The van der Waals surface area contributed by atoms with E-state index in [9.17, 15) is 4.79 Å². The summed E-state index contributed by atoms with van der Waals surface area (Å²) in [5.41, 5.74) is 0.882. The van der Waals surface area contributed by atoms with Crippen LogP contribution in [0.4, 0.5) is 5.82 Å². The van der Waals surface area contributed by atoms with E-state index >= 15 is 0 Å². The smallest absolute Gasteiger partial charge is 0.292 e. The Kier molecular flexibility index (Phi) is 7.13. The summed E-state index contributed by atoms with van der Waals surface area (Å²) in [6.07, 6.45) is 1.61. The molecule has 10 heteroatoms. The largest absolute Gasteiger partial charge is 0.493 e. The lowest BCUT2D eigenvalue weighted by Gasteiger charge is -2.08. The fourth-order valence-corrected chi connectivity index (χ4v) is 3.54. The van der Waals surface area contributed by atoms with Crippen LogP contribution in [0.3, 0.4) is 0 Å². The summed E-state index contributed by atoms with van der Waals surface area (Å²) in [6.45, 7) is 0.532. The number of hydrogen-bond donors (Lipinski definition) is 1. The molecule has 1 N–H and O–H groups in total. The van der Waals surface area contributed by atoms with Gasteiger partial charge in [-0.15, -0.1) is 0 Å². The predicted molar refractivity (Wildman–Crippen MR) is 127 cm³/mol. The van der Waals surface area contributed by atoms with Crippen molar-refractivity contribution in [3.63, 3.8) is 0 Å². The highest BCUT2D eigenvalue weighted by molar-refractivity contribution is 6.42. The van der Waals surface area contributed by atoms with Gasteiger partial charge in [0.1, 0.15) is 17.4 Å². The molecule has 0 atom stereocenters. The Morgan fingerprint density at radius 1 is 1.03 bits per heavy atom. The Bertz CT molecular complexity index is 1290. The molecule has 0 radical (unpaired) electrons. The van der Waals surface area contributed by atoms with E-state index in [1.807, 2.05) is 18.2 Å². The van der Waals surface area contributed by atoms with Crippen LogP contribution in [0.15, 0.2) is 65.2 Å². The second kappa shape index (κ2) is 10.2. The number of nitrogens with one attached hydrogen (secondary N) is 1. The first-order chi connectivity index (χ1) is 15.9. The SMILES string of the molecule is COc1ccccc1OCc1ccc(C(=O)Nc2nn(Cc3ccc(Cl)c(Cl)c3)cc2Cl)o1. The standard InChI is InChI=1S/C23H18Cl3N3O4/c1-31-19-4-2-3-5-20(19)32-13-15-7-9-21(33-15)23(30)27-22-18(26)12-29(28-22)11-14-6-8-16(24)17(25)10-14/h2-10,12H,11,13H2,1H3,(H,27,28,30). The molecule has 2 aromatic heterocycles. The summed E-state index contributed by atoms with van der Waals surface area (Å²) >= 11 is 18.2. The molecule has 0 saturated carbocycles. The van der Waals surface area contributed by atoms with E-state index in [1.54, 1.807) is 54.4 Å². The monoisotopic (exact) mass is 505 g/mol. The number of rotatable bonds is 8. The Morgan fingerprint density at radius 2 is 1.82 bits per heavy atom. The zero-order chi connectivity index (χ0) is 23.4. The number of carbonyl (C=O) groups is 1.